The second-order valence-electron chi connectivity index (χ2n) is 6.75. The van der Waals surface area contributed by atoms with E-state index in [-0.39, 0.29) is 15.7 Å². The van der Waals surface area contributed by atoms with Crippen molar-refractivity contribution in [1.29, 1.82) is 0 Å². The number of hydrogen-bond acceptors (Lipinski definition) is 4. The van der Waals surface area contributed by atoms with Crippen LogP contribution in [0.4, 0.5) is 5.69 Å². The summed E-state index contributed by atoms with van der Waals surface area (Å²) in [4.78, 5) is 0.171. The fourth-order valence-corrected chi connectivity index (χ4v) is 4.04. The van der Waals surface area contributed by atoms with Gasteiger partial charge in [-0.25, -0.2) is 13.1 Å². The van der Waals surface area contributed by atoms with E-state index in [4.69, 9.17) is 10.5 Å². The topological polar surface area (TPSA) is 81.4 Å². The quantitative estimate of drug-likeness (QED) is 0.817. The predicted octanol–water partition coefficient (Wildman–Crippen LogP) is 2.24. The Balaban J connectivity index is 2.13. The third-order valence-electron chi connectivity index (χ3n) is 5.31. The molecule has 0 bridgehead atoms. The zero-order chi connectivity index (χ0) is 16.1. The number of nitrogens with one attached hydrogen (secondary N) is 1. The highest BCUT2D eigenvalue weighted by Crippen LogP contribution is 2.67. The molecule has 0 amide bonds. The van der Waals surface area contributed by atoms with Gasteiger partial charge in [-0.05, 0) is 28.9 Å². The van der Waals surface area contributed by atoms with Gasteiger partial charge in [0.25, 0.3) is 0 Å². The maximum Gasteiger partial charge on any atom is 0.240 e. The summed E-state index contributed by atoms with van der Waals surface area (Å²) in [5.74, 6) is 0.695. The average molecular weight is 312 g/mol. The summed E-state index contributed by atoms with van der Waals surface area (Å²) >= 11 is 0. The van der Waals surface area contributed by atoms with E-state index >= 15 is 0 Å². The van der Waals surface area contributed by atoms with Gasteiger partial charge < -0.3 is 10.5 Å². The number of hydrogen-bond donors (Lipinski definition) is 2. The van der Waals surface area contributed by atoms with Gasteiger partial charge in [0.15, 0.2) is 0 Å². The lowest BCUT2D eigenvalue weighted by atomic mass is 10.0. The Morgan fingerprint density at radius 3 is 2.29 bits per heavy atom. The second kappa shape index (κ2) is 4.88. The van der Waals surface area contributed by atoms with Crippen molar-refractivity contribution in [2.24, 2.45) is 16.7 Å². The summed E-state index contributed by atoms with van der Waals surface area (Å²) < 4.78 is 32.5. The van der Waals surface area contributed by atoms with Gasteiger partial charge >= 0.3 is 0 Å². The molecule has 118 valence electrons. The minimum Gasteiger partial charge on any atom is -0.495 e. The lowest BCUT2D eigenvalue weighted by molar-refractivity contribution is 0.415. The third-order valence-corrected chi connectivity index (χ3v) is 6.73. The van der Waals surface area contributed by atoms with Crippen LogP contribution in [-0.4, -0.2) is 22.1 Å². The molecule has 0 radical (unpaired) electrons. The number of ether oxygens (including phenoxy) is 1. The minimum atomic E-state index is -3.55. The average Bonchev–Trinajstić information content (AvgIpc) is 2.77. The van der Waals surface area contributed by atoms with Gasteiger partial charge in [0, 0.05) is 12.6 Å². The van der Waals surface area contributed by atoms with Crippen LogP contribution in [0.1, 0.15) is 27.7 Å². The number of methoxy groups -OCH3 is 1. The van der Waals surface area contributed by atoms with E-state index in [2.05, 4.69) is 32.4 Å². The molecular formula is C15H24N2O3S. The van der Waals surface area contributed by atoms with Gasteiger partial charge in [-0.15, -0.1) is 0 Å². The van der Waals surface area contributed by atoms with E-state index in [1.165, 1.54) is 19.2 Å². The van der Waals surface area contributed by atoms with Gasteiger partial charge in [-0.2, -0.15) is 0 Å². The first-order chi connectivity index (χ1) is 9.54. The Morgan fingerprint density at radius 2 is 1.81 bits per heavy atom. The van der Waals surface area contributed by atoms with E-state index in [9.17, 15) is 8.42 Å². The Kier molecular flexibility index (Phi) is 3.74. The Bertz CT molecular complexity index is 637. The smallest absolute Gasteiger partial charge is 0.240 e. The number of benzene rings is 1. The molecular weight excluding hydrogens is 288 g/mol. The van der Waals surface area contributed by atoms with Crippen LogP contribution < -0.4 is 15.2 Å². The molecule has 0 heterocycles. The molecule has 1 fully saturated rings. The summed E-state index contributed by atoms with van der Waals surface area (Å²) in [6.07, 6.45) is 0. The Labute approximate surface area is 126 Å². The van der Waals surface area contributed by atoms with Crippen LogP contribution in [-0.2, 0) is 10.0 Å². The van der Waals surface area contributed by atoms with Gasteiger partial charge in [0.2, 0.25) is 10.0 Å². The molecule has 3 N–H and O–H groups in total. The molecule has 0 unspecified atom stereocenters. The summed E-state index contributed by atoms with van der Waals surface area (Å²) in [5.41, 5.74) is 6.42. The van der Waals surface area contributed by atoms with Gasteiger partial charge in [-0.1, -0.05) is 27.7 Å². The van der Waals surface area contributed by atoms with Gasteiger partial charge in [0.05, 0.1) is 17.7 Å². The standard InChI is InChI=1S/C15H24N2O3S/c1-14(2)13(15(14,3)4)9-17-21(18,19)10-6-7-11(16)12(8-10)20-5/h6-8,13,17H,9,16H2,1-5H3. The Hall–Kier alpha value is -1.27. The first-order valence-corrected chi connectivity index (χ1v) is 8.45. The highest BCUT2D eigenvalue weighted by Gasteiger charge is 2.64. The van der Waals surface area contributed by atoms with Crippen molar-refractivity contribution in [2.75, 3.05) is 19.4 Å². The molecule has 0 aliphatic heterocycles. The van der Waals surface area contributed by atoms with Crippen molar-refractivity contribution < 1.29 is 13.2 Å². The minimum absolute atomic E-state index is 0.147. The second-order valence-corrected chi connectivity index (χ2v) is 8.52. The van der Waals surface area contributed by atoms with Gasteiger partial charge in [-0.3, -0.25) is 0 Å². The molecule has 1 aliphatic rings. The van der Waals surface area contributed by atoms with E-state index in [1.54, 1.807) is 6.07 Å². The fraction of sp³-hybridized carbons (Fsp3) is 0.600. The molecule has 2 rings (SSSR count). The Morgan fingerprint density at radius 1 is 1.24 bits per heavy atom. The summed E-state index contributed by atoms with van der Waals surface area (Å²) in [6, 6.07) is 4.47. The maximum absolute atomic E-state index is 12.4. The monoisotopic (exact) mass is 312 g/mol. The van der Waals surface area contributed by atoms with Crippen LogP contribution in [0.3, 0.4) is 0 Å². The van der Waals surface area contributed by atoms with E-state index in [0.29, 0.717) is 23.9 Å². The number of sulfonamides is 1. The molecule has 1 aliphatic carbocycles. The van der Waals surface area contributed by atoms with Crippen molar-refractivity contribution in [1.82, 2.24) is 4.72 Å². The van der Waals surface area contributed by atoms with E-state index in [0.717, 1.165) is 0 Å². The van der Waals surface area contributed by atoms with E-state index < -0.39 is 10.0 Å². The molecule has 0 spiro atoms. The number of anilines is 1. The van der Waals surface area contributed by atoms with Crippen LogP contribution in [0.25, 0.3) is 0 Å². The molecule has 0 aromatic heterocycles. The molecule has 21 heavy (non-hydrogen) atoms. The van der Waals surface area contributed by atoms with Crippen LogP contribution in [0.2, 0.25) is 0 Å². The van der Waals surface area contributed by atoms with Crippen LogP contribution in [0.5, 0.6) is 5.75 Å². The summed E-state index contributed by atoms with van der Waals surface area (Å²) in [7, 11) is -2.09. The van der Waals surface area contributed by atoms with Crippen molar-refractivity contribution >= 4 is 15.7 Å². The van der Waals surface area contributed by atoms with Crippen LogP contribution >= 0.6 is 0 Å². The summed E-state index contributed by atoms with van der Waals surface area (Å²) in [6.45, 7) is 9.10. The molecule has 1 aromatic rings. The van der Waals surface area contributed by atoms with Crippen molar-refractivity contribution in [3.05, 3.63) is 18.2 Å². The molecule has 5 nitrogen and oxygen atoms in total. The normalized spacial score (nSPS) is 20.2. The molecule has 1 saturated carbocycles. The van der Waals surface area contributed by atoms with Crippen molar-refractivity contribution in [3.63, 3.8) is 0 Å². The SMILES string of the molecule is COc1cc(S(=O)(=O)NCC2C(C)(C)C2(C)C)ccc1N. The summed E-state index contributed by atoms with van der Waals surface area (Å²) in [5, 5.41) is 0. The van der Waals surface area contributed by atoms with Gasteiger partial charge in [0.1, 0.15) is 5.75 Å². The highest BCUT2D eigenvalue weighted by atomic mass is 32.2. The molecule has 1 aromatic carbocycles. The molecule has 6 heteroatoms. The largest absolute Gasteiger partial charge is 0.495 e. The maximum atomic E-state index is 12.4. The fourth-order valence-electron chi connectivity index (χ4n) is 2.98. The highest BCUT2D eigenvalue weighted by molar-refractivity contribution is 7.89. The first-order valence-electron chi connectivity index (χ1n) is 6.97. The zero-order valence-corrected chi connectivity index (χ0v) is 14.0. The lowest BCUT2D eigenvalue weighted by Crippen LogP contribution is -2.27. The van der Waals surface area contributed by atoms with Crippen molar-refractivity contribution in [3.8, 4) is 5.75 Å². The number of nitrogen functional groups attached to an aromatic ring is 1. The number of rotatable bonds is 5. The first kappa shape index (κ1) is 16.1. The lowest BCUT2D eigenvalue weighted by Gasteiger charge is -2.10. The molecule has 0 saturated heterocycles. The third kappa shape index (κ3) is 2.62. The van der Waals surface area contributed by atoms with Crippen LogP contribution in [0, 0.1) is 16.7 Å². The zero-order valence-electron chi connectivity index (χ0n) is 13.2. The predicted molar refractivity (Wildman–Crippen MR) is 83.6 cm³/mol. The number of nitrogens with two attached hydrogens (primary N) is 1. The van der Waals surface area contributed by atoms with Crippen LogP contribution in [0.15, 0.2) is 23.1 Å². The van der Waals surface area contributed by atoms with Crippen molar-refractivity contribution in [2.45, 2.75) is 32.6 Å². The molecule has 0 atom stereocenters. The van der Waals surface area contributed by atoms with E-state index in [1.807, 2.05) is 0 Å².